The molecule has 2 aliphatic rings. The molecule has 1 heterocycles. The largest absolute Gasteiger partial charge is 0.357 e. The topological polar surface area (TPSA) is 39.7 Å². The van der Waals surface area contributed by atoms with E-state index < -0.39 is 0 Å². The van der Waals surface area contributed by atoms with Crippen molar-refractivity contribution < 1.29 is 0 Å². The maximum atomic E-state index is 4.94. The van der Waals surface area contributed by atoms with Crippen LogP contribution in [0.4, 0.5) is 0 Å². The summed E-state index contributed by atoms with van der Waals surface area (Å²) in [7, 11) is 2.23. The molecule has 134 valence electrons. The Morgan fingerprint density at radius 2 is 2.04 bits per heavy atom. The zero-order chi connectivity index (χ0) is 16.7. The second-order valence-electron chi connectivity index (χ2n) is 8.30. The van der Waals surface area contributed by atoms with Crippen molar-refractivity contribution in [2.75, 3.05) is 39.8 Å². The molecule has 0 amide bonds. The van der Waals surface area contributed by atoms with Crippen LogP contribution >= 0.6 is 0 Å². The molecule has 2 rings (SSSR count). The van der Waals surface area contributed by atoms with E-state index in [4.69, 9.17) is 4.99 Å². The van der Waals surface area contributed by atoms with Crippen molar-refractivity contribution in [3.63, 3.8) is 0 Å². The van der Waals surface area contributed by atoms with Crippen LogP contribution in [0.3, 0.4) is 0 Å². The summed E-state index contributed by atoms with van der Waals surface area (Å²) in [6.07, 6.45) is 8.11. The summed E-state index contributed by atoms with van der Waals surface area (Å²) in [5, 5.41) is 7.03. The zero-order valence-electron chi connectivity index (χ0n) is 15.8. The highest BCUT2D eigenvalue weighted by molar-refractivity contribution is 5.79. The van der Waals surface area contributed by atoms with Gasteiger partial charge >= 0.3 is 0 Å². The molecule has 4 heteroatoms. The van der Waals surface area contributed by atoms with Crippen LogP contribution in [0, 0.1) is 17.3 Å². The van der Waals surface area contributed by atoms with Gasteiger partial charge in [0, 0.05) is 26.2 Å². The van der Waals surface area contributed by atoms with Crippen LogP contribution in [0.1, 0.15) is 59.3 Å². The molecule has 23 heavy (non-hydrogen) atoms. The van der Waals surface area contributed by atoms with Crippen molar-refractivity contribution in [2.45, 2.75) is 59.3 Å². The molecular formula is C19H38N4. The fourth-order valence-electron chi connectivity index (χ4n) is 4.24. The Kier molecular flexibility index (Phi) is 7.19. The number of rotatable bonds is 7. The van der Waals surface area contributed by atoms with E-state index in [0.29, 0.717) is 5.41 Å². The van der Waals surface area contributed by atoms with E-state index in [1.54, 1.807) is 0 Å². The molecule has 0 aromatic rings. The molecule has 0 bridgehead atoms. The Labute approximate surface area is 143 Å². The van der Waals surface area contributed by atoms with E-state index in [2.05, 4.69) is 43.4 Å². The van der Waals surface area contributed by atoms with Crippen molar-refractivity contribution in [1.29, 1.82) is 0 Å². The van der Waals surface area contributed by atoms with Crippen molar-refractivity contribution >= 4 is 5.96 Å². The molecule has 1 aliphatic heterocycles. The predicted molar refractivity (Wildman–Crippen MR) is 99.9 cm³/mol. The fourth-order valence-corrected chi connectivity index (χ4v) is 4.24. The highest BCUT2D eigenvalue weighted by Crippen LogP contribution is 2.46. The van der Waals surface area contributed by atoms with Crippen molar-refractivity contribution in [3.8, 4) is 0 Å². The molecule has 0 spiro atoms. The third-order valence-electron chi connectivity index (χ3n) is 5.45. The molecule has 2 N–H and O–H groups in total. The highest BCUT2D eigenvalue weighted by atomic mass is 15.2. The second kappa shape index (κ2) is 8.91. The quantitative estimate of drug-likeness (QED) is 0.559. The number of nitrogens with zero attached hydrogens (tertiary/aromatic N) is 2. The van der Waals surface area contributed by atoms with Gasteiger partial charge in [0.1, 0.15) is 0 Å². The lowest BCUT2D eigenvalue weighted by Gasteiger charge is -2.42. The van der Waals surface area contributed by atoms with E-state index in [9.17, 15) is 0 Å². The van der Waals surface area contributed by atoms with Crippen LogP contribution in [-0.2, 0) is 0 Å². The highest BCUT2D eigenvalue weighted by Gasteiger charge is 2.37. The minimum absolute atomic E-state index is 0.488. The first kappa shape index (κ1) is 18.6. The third kappa shape index (κ3) is 5.98. The summed E-state index contributed by atoms with van der Waals surface area (Å²) >= 11 is 0. The SMILES string of the molecule is CCNC(=NCC1(CC(C)C)CCC1)NCC1CCCN(C)C1. The van der Waals surface area contributed by atoms with Gasteiger partial charge in [-0.15, -0.1) is 0 Å². The number of hydrogen-bond donors (Lipinski definition) is 2. The predicted octanol–water partition coefficient (Wildman–Crippen LogP) is 3.10. The maximum Gasteiger partial charge on any atom is 0.191 e. The normalized spacial score (nSPS) is 25.3. The van der Waals surface area contributed by atoms with Gasteiger partial charge in [-0.05, 0) is 69.9 Å². The summed E-state index contributed by atoms with van der Waals surface area (Å²) in [6, 6.07) is 0. The van der Waals surface area contributed by atoms with Crippen LogP contribution in [0.15, 0.2) is 4.99 Å². The molecule has 1 aliphatic carbocycles. The standard InChI is InChI=1S/C19H38N4/c1-5-20-18(21-13-17-8-6-11-23(4)14-17)22-15-19(9-7-10-19)12-16(2)3/h16-17H,5-15H2,1-4H3,(H2,20,21,22). The van der Waals surface area contributed by atoms with E-state index in [0.717, 1.165) is 37.4 Å². The Morgan fingerprint density at radius 3 is 2.61 bits per heavy atom. The molecule has 0 aromatic heterocycles. The number of aliphatic imine (C=N–C) groups is 1. The van der Waals surface area contributed by atoms with E-state index in [1.807, 2.05) is 0 Å². The van der Waals surface area contributed by atoms with Gasteiger partial charge in [-0.25, -0.2) is 0 Å². The van der Waals surface area contributed by atoms with Crippen molar-refractivity contribution in [2.24, 2.45) is 22.2 Å². The van der Waals surface area contributed by atoms with Crippen LogP contribution < -0.4 is 10.6 Å². The lowest BCUT2D eigenvalue weighted by atomic mass is 9.64. The van der Waals surface area contributed by atoms with Crippen molar-refractivity contribution in [3.05, 3.63) is 0 Å². The molecule has 0 aromatic carbocycles. The molecule has 2 fully saturated rings. The van der Waals surface area contributed by atoms with Gasteiger partial charge in [-0.2, -0.15) is 0 Å². The van der Waals surface area contributed by atoms with Gasteiger partial charge in [0.25, 0.3) is 0 Å². The van der Waals surface area contributed by atoms with Gasteiger partial charge in [-0.1, -0.05) is 20.3 Å². The van der Waals surface area contributed by atoms with Gasteiger partial charge in [0.2, 0.25) is 0 Å². The smallest absolute Gasteiger partial charge is 0.191 e. The van der Waals surface area contributed by atoms with Gasteiger partial charge < -0.3 is 15.5 Å². The number of nitrogens with one attached hydrogen (secondary N) is 2. The minimum Gasteiger partial charge on any atom is -0.357 e. The monoisotopic (exact) mass is 322 g/mol. The van der Waals surface area contributed by atoms with Crippen LogP contribution in [0.25, 0.3) is 0 Å². The second-order valence-corrected chi connectivity index (χ2v) is 8.30. The Hall–Kier alpha value is -0.770. The van der Waals surface area contributed by atoms with Crippen LogP contribution in [0.5, 0.6) is 0 Å². The van der Waals surface area contributed by atoms with E-state index in [-0.39, 0.29) is 0 Å². The van der Waals surface area contributed by atoms with Gasteiger partial charge in [-0.3, -0.25) is 4.99 Å². The summed E-state index contributed by atoms with van der Waals surface area (Å²) in [4.78, 5) is 7.40. The summed E-state index contributed by atoms with van der Waals surface area (Å²) in [6.45, 7) is 12.3. The van der Waals surface area contributed by atoms with Gasteiger partial charge in [0.05, 0.1) is 0 Å². The number of piperidine rings is 1. The van der Waals surface area contributed by atoms with Crippen molar-refractivity contribution in [1.82, 2.24) is 15.5 Å². The minimum atomic E-state index is 0.488. The molecule has 1 saturated heterocycles. The lowest BCUT2D eigenvalue weighted by molar-refractivity contribution is 0.111. The Balaban J connectivity index is 1.84. The van der Waals surface area contributed by atoms with Gasteiger partial charge in [0.15, 0.2) is 5.96 Å². The summed E-state index contributed by atoms with van der Waals surface area (Å²) in [5.74, 6) is 2.56. The molecule has 1 atom stereocenters. The first-order valence-electron chi connectivity index (χ1n) is 9.74. The third-order valence-corrected chi connectivity index (χ3v) is 5.45. The van der Waals surface area contributed by atoms with Crippen LogP contribution in [-0.4, -0.2) is 50.6 Å². The molecule has 1 unspecified atom stereocenters. The van der Waals surface area contributed by atoms with Crippen LogP contribution in [0.2, 0.25) is 0 Å². The lowest BCUT2D eigenvalue weighted by Crippen LogP contribution is -2.44. The zero-order valence-corrected chi connectivity index (χ0v) is 15.8. The summed E-state index contributed by atoms with van der Waals surface area (Å²) in [5.41, 5.74) is 0.488. The molecule has 1 saturated carbocycles. The average Bonchev–Trinajstić information content (AvgIpc) is 2.46. The Bertz CT molecular complexity index is 374. The average molecular weight is 323 g/mol. The molecular weight excluding hydrogens is 284 g/mol. The van der Waals surface area contributed by atoms with E-state index >= 15 is 0 Å². The van der Waals surface area contributed by atoms with E-state index in [1.165, 1.54) is 51.6 Å². The maximum absolute atomic E-state index is 4.94. The number of guanidine groups is 1. The first-order valence-corrected chi connectivity index (χ1v) is 9.74. The molecule has 4 nitrogen and oxygen atoms in total. The molecule has 0 radical (unpaired) electrons. The summed E-state index contributed by atoms with van der Waals surface area (Å²) < 4.78 is 0. The first-order chi connectivity index (χ1) is 11.0. The Morgan fingerprint density at radius 1 is 1.26 bits per heavy atom. The number of hydrogen-bond acceptors (Lipinski definition) is 2. The number of likely N-dealkylation sites (tertiary alicyclic amines) is 1. The fraction of sp³-hybridized carbons (Fsp3) is 0.947.